The third kappa shape index (κ3) is 75.4. The van der Waals surface area contributed by atoms with Crippen LogP contribution in [0.15, 0.2) is 134 Å². The quantitative estimate of drug-likeness (QED) is 0.0169. The van der Waals surface area contributed by atoms with Crippen molar-refractivity contribution < 1.29 is 80.2 Å². The first-order valence-corrected chi connectivity index (χ1v) is 43.4. The molecule has 0 aliphatic carbocycles. The molecule has 0 spiro atoms. The fourth-order valence-corrected chi connectivity index (χ4v) is 11.9. The van der Waals surface area contributed by atoms with E-state index in [9.17, 15) is 43.2 Å². The van der Waals surface area contributed by atoms with Crippen molar-refractivity contribution in [1.29, 1.82) is 0 Å². The molecule has 19 heteroatoms. The smallest absolute Gasteiger partial charge is 0.462 e. The molecule has 17 nitrogen and oxygen atoms in total. The molecule has 0 bridgehead atoms. The first-order chi connectivity index (χ1) is 50.7. The second kappa shape index (κ2) is 76.4. The number of unbranched alkanes of at least 4 members (excludes halogenated alkanes) is 27. The highest BCUT2D eigenvalue weighted by Gasteiger charge is 2.30. The summed E-state index contributed by atoms with van der Waals surface area (Å²) < 4.78 is 68.5. The molecule has 0 saturated heterocycles. The largest absolute Gasteiger partial charge is 0.472 e. The van der Waals surface area contributed by atoms with Crippen LogP contribution in [0, 0.1) is 0 Å². The maximum atomic E-state index is 13.1. The van der Waals surface area contributed by atoms with E-state index >= 15 is 0 Å². The second-order valence-corrected chi connectivity index (χ2v) is 29.5. The summed E-state index contributed by atoms with van der Waals surface area (Å²) in [6.07, 6.45) is 85.8. The summed E-state index contributed by atoms with van der Waals surface area (Å²) in [5.74, 6) is -2.32. The molecule has 0 aromatic carbocycles. The van der Waals surface area contributed by atoms with Gasteiger partial charge in [0, 0.05) is 25.7 Å². The van der Waals surface area contributed by atoms with Crippen molar-refractivity contribution in [3.05, 3.63) is 134 Å². The van der Waals surface area contributed by atoms with E-state index in [1.54, 1.807) is 0 Å². The Labute approximate surface area is 631 Å². The van der Waals surface area contributed by atoms with Gasteiger partial charge in [0.2, 0.25) is 0 Å². The summed E-state index contributed by atoms with van der Waals surface area (Å²) in [7, 11) is -10.0. The lowest BCUT2D eigenvalue weighted by Crippen LogP contribution is -2.30. The summed E-state index contributed by atoms with van der Waals surface area (Å²) in [4.78, 5) is 73.0. The van der Waals surface area contributed by atoms with E-state index in [-0.39, 0.29) is 25.7 Å². The molecule has 0 rings (SSSR count). The van der Waals surface area contributed by atoms with Crippen LogP contribution in [0.2, 0.25) is 0 Å². The maximum Gasteiger partial charge on any atom is 0.472 e. The first kappa shape index (κ1) is 99.2. The molecule has 0 aliphatic heterocycles. The lowest BCUT2D eigenvalue weighted by molar-refractivity contribution is -0.161. The minimum atomic E-state index is -5.01. The van der Waals surface area contributed by atoms with Gasteiger partial charge in [-0.25, -0.2) is 9.13 Å². The van der Waals surface area contributed by atoms with Gasteiger partial charge >= 0.3 is 39.5 Å². The SMILES string of the molecule is CCCCC/C=C\C/C=C\C/C=C\C/C=C\CCCC(=O)OC[C@H](COP(=O)(O)OC[C@@H](O)COP(=O)(O)OC[C@@H](COC(=O)CCCCCCCCC/C=C\CCCCCC)OC(=O)CCCCCCC/C=C\C/C=C\CCCCC)OC(=O)CCC/C=C\C/C=C\C/C=C\C/C=C\CCCCC. The van der Waals surface area contributed by atoms with Crippen LogP contribution in [0.5, 0.6) is 0 Å². The van der Waals surface area contributed by atoms with Gasteiger partial charge in [-0.1, -0.05) is 271 Å². The number of hydrogen-bond donors (Lipinski definition) is 3. The molecular weight excluding hydrogens is 1350 g/mol. The molecule has 0 aromatic rings. The molecule has 104 heavy (non-hydrogen) atoms. The number of carbonyl (C=O) groups excluding carboxylic acids is 4. The van der Waals surface area contributed by atoms with E-state index in [1.807, 2.05) is 24.3 Å². The fraction of sp³-hybridized carbons (Fsp3) is 0.694. The van der Waals surface area contributed by atoms with Gasteiger partial charge in [0.25, 0.3) is 0 Å². The summed E-state index contributed by atoms with van der Waals surface area (Å²) >= 11 is 0. The Morgan fingerprint density at radius 3 is 0.798 bits per heavy atom. The molecule has 596 valence electrons. The fourth-order valence-electron chi connectivity index (χ4n) is 10.3. The zero-order valence-corrected chi connectivity index (χ0v) is 66.9. The first-order valence-electron chi connectivity index (χ1n) is 40.4. The Hall–Kier alpha value is -4.80. The predicted molar refractivity (Wildman–Crippen MR) is 427 cm³/mol. The molecule has 0 aromatic heterocycles. The van der Waals surface area contributed by atoms with E-state index in [1.165, 1.54) is 96.3 Å². The molecule has 0 saturated carbocycles. The van der Waals surface area contributed by atoms with E-state index < -0.39 is 97.5 Å². The van der Waals surface area contributed by atoms with Gasteiger partial charge in [-0.2, -0.15) is 0 Å². The van der Waals surface area contributed by atoms with Crippen LogP contribution in [0.3, 0.4) is 0 Å². The summed E-state index contributed by atoms with van der Waals surface area (Å²) in [6, 6.07) is 0. The molecule has 0 heterocycles. The molecule has 0 aliphatic rings. The van der Waals surface area contributed by atoms with Crippen molar-refractivity contribution in [3.63, 3.8) is 0 Å². The number of ether oxygens (including phenoxy) is 4. The number of allylic oxidation sites excluding steroid dienone is 22. The normalized spacial score (nSPS) is 14.6. The maximum absolute atomic E-state index is 13.1. The highest BCUT2D eigenvalue weighted by atomic mass is 31.2. The van der Waals surface area contributed by atoms with Crippen molar-refractivity contribution in [3.8, 4) is 0 Å². The lowest BCUT2D eigenvalue weighted by atomic mass is 10.1. The highest BCUT2D eigenvalue weighted by Crippen LogP contribution is 2.45. The molecule has 5 atom stereocenters. The minimum Gasteiger partial charge on any atom is -0.462 e. The molecular formula is C85H144O17P2. The van der Waals surface area contributed by atoms with E-state index in [0.29, 0.717) is 38.5 Å². The zero-order chi connectivity index (χ0) is 76.0. The Kier molecular flexibility index (Phi) is 72.9. The molecule has 3 N–H and O–H groups in total. The third-order valence-corrected chi connectivity index (χ3v) is 18.5. The Morgan fingerprint density at radius 1 is 0.269 bits per heavy atom. The van der Waals surface area contributed by atoms with Crippen LogP contribution in [0.4, 0.5) is 0 Å². The Bertz CT molecular complexity index is 2490. The van der Waals surface area contributed by atoms with Crippen LogP contribution < -0.4 is 0 Å². The molecule has 0 amide bonds. The minimum absolute atomic E-state index is 0.00412. The molecule has 0 radical (unpaired) electrons. The topological polar surface area (TPSA) is 237 Å². The monoisotopic (exact) mass is 1500 g/mol. The van der Waals surface area contributed by atoms with E-state index in [2.05, 4.69) is 137 Å². The van der Waals surface area contributed by atoms with Gasteiger partial charge < -0.3 is 33.8 Å². The van der Waals surface area contributed by atoms with Gasteiger partial charge in [-0.3, -0.25) is 37.3 Å². The zero-order valence-electron chi connectivity index (χ0n) is 65.2. The van der Waals surface area contributed by atoms with Crippen molar-refractivity contribution in [1.82, 2.24) is 0 Å². The number of aliphatic hydroxyl groups is 1. The van der Waals surface area contributed by atoms with Crippen LogP contribution >= 0.6 is 15.6 Å². The summed E-state index contributed by atoms with van der Waals surface area (Å²) in [6.45, 7) is 4.65. The van der Waals surface area contributed by atoms with E-state index in [0.717, 1.165) is 135 Å². The van der Waals surface area contributed by atoms with Crippen molar-refractivity contribution in [2.45, 2.75) is 341 Å². The van der Waals surface area contributed by atoms with Gasteiger partial charge in [-0.15, -0.1) is 0 Å². The highest BCUT2D eigenvalue weighted by molar-refractivity contribution is 7.47. The second-order valence-electron chi connectivity index (χ2n) is 26.6. The van der Waals surface area contributed by atoms with Crippen LogP contribution in [-0.2, 0) is 65.4 Å². The molecule has 0 fully saturated rings. The average molecular weight is 1500 g/mol. The summed E-state index contributed by atoms with van der Waals surface area (Å²) in [5, 5.41) is 10.6. The van der Waals surface area contributed by atoms with Gasteiger partial charge in [0.1, 0.15) is 19.3 Å². The summed E-state index contributed by atoms with van der Waals surface area (Å²) in [5.41, 5.74) is 0. The number of phosphoric ester groups is 2. The van der Waals surface area contributed by atoms with Gasteiger partial charge in [0.05, 0.1) is 26.4 Å². The number of rotatable bonds is 75. The predicted octanol–water partition coefficient (Wildman–Crippen LogP) is 23.7. The third-order valence-electron chi connectivity index (χ3n) is 16.6. The number of aliphatic hydroxyl groups excluding tert-OH is 1. The van der Waals surface area contributed by atoms with Gasteiger partial charge in [0.15, 0.2) is 12.2 Å². The number of carbonyl (C=O) groups is 4. The standard InChI is InChI=1S/C85H144O17P2/c1-5-9-13-17-21-25-29-33-37-39-43-46-50-54-58-62-66-70-83(88)96-76-81(102-85(90)72-68-64-60-56-52-48-44-40-38-34-30-26-22-18-14-10-6-2)78-100-104(93,94)98-74-79(86)73-97-103(91,92)99-77-80(101-84(89)71-67-63-59-55-51-47-42-36-32-28-24-20-16-12-8-4)75-95-82(87)69-65-61-57-53-49-45-41-35-31-27-23-19-15-11-7-3/h21-22,24-28,31,33-34,36-38,42-44,46,48,54,56,58,60,79-81,86H,5-20,23,29-30,32,35,39-41,45,47,49-53,55,57,59,61-78H2,1-4H3,(H,91,92)(H,93,94)/b25-21-,26-22-,28-24-,31-27-,37-33-,38-34-,42-36-,46-43-,48-44-,58-54-,60-56-/t79-,80+,81+/m0/s1. The van der Waals surface area contributed by atoms with Crippen molar-refractivity contribution in [2.24, 2.45) is 0 Å². The Morgan fingerprint density at radius 2 is 0.481 bits per heavy atom. The van der Waals surface area contributed by atoms with Crippen molar-refractivity contribution >= 4 is 39.5 Å². The Balaban J connectivity index is 5.48. The molecule has 2 unspecified atom stereocenters. The van der Waals surface area contributed by atoms with Crippen LogP contribution in [0.1, 0.15) is 323 Å². The number of esters is 4. The van der Waals surface area contributed by atoms with Crippen LogP contribution in [0.25, 0.3) is 0 Å². The van der Waals surface area contributed by atoms with Gasteiger partial charge in [-0.05, 0) is 161 Å². The van der Waals surface area contributed by atoms with E-state index in [4.69, 9.17) is 37.0 Å². The number of phosphoric acid groups is 2. The van der Waals surface area contributed by atoms with Crippen LogP contribution in [-0.4, -0.2) is 96.7 Å². The van der Waals surface area contributed by atoms with Crippen molar-refractivity contribution in [2.75, 3.05) is 39.6 Å². The average Bonchev–Trinajstić information content (AvgIpc) is 0.926. The lowest BCUT2D eigenvalue weighted by Gasteiger charge is -2.21. The number of hydrogen-bond acceptors (Lipinski definition) is 15.